The summed E-state index contributed by atoms with van der Waals surface area (Å²) in [5, 5.41) is 3.31. The zero-order valence-electron chi connectivity index (χ0n) is 20.7. The number of likely N-dealkylation sites (tertiary alicyclic amines) is 1. The van der Waals surface area contributed by atoms with Crippen LogP contribution in [0.2, 0.25) is 0 Å². The molecule has 0 aliphatic carbocycles. The van der Waals surface area contributed by atoms with Gasteiger partial charge in [0.25, 0.3) is 0 Å². The maximum absolute atomic E-state index is 13.1. The van der Waals surface area contributed by atoms with Gasteiger partial charge in [0.2, 0.25) is 5.91 Å². The van der Waals surface area contributed by atoms with Gasteiger partial charge in [-0.3, -0.25) is 9.69 Å². The van der Waals surface area contributed by atoms with Crippen LogP contribution in [-0.2, 0) is 11.3 Å². The lowest BCUT2D eigenvalue weighted by Gasteiger charge is -2.32. The minimum atomic E-state index is -0.112. The molecule has 0 saturated carbocycles. The number of rotatable bonds is 8. The molecular formula is C33H34N2O. The Hall–Kier alpha value is -3.69. The molecule has 36 heavy (non-hydrogen) atoms. The van der Waals surface area contributed by atoms with Crippen LogP contribution in [0.1, 0.15) is 42.0 Å². The Labute approximate surface area is 214 Å². The van der Waals surface area contributed by atoms with Crippen molar-refractivity contribution in [2.24, 2.45) is 5.92 Å². The second kappa shape index (κ2) is 11.8. The number of hydrogen-bond donors (Lipinski definition) is 1. The number of piperidine rings is 1. The third-order valence-corrected chi connectivity index (χ3v) is 7.22. The average Bonchev–Trinajstić information content (AvgIpc) is 2.95. The maximum atomic E-state index is 13.1. The quantitative estimate of drug-likeness (QED) is 0.302. The smallest absolute Gasteiger partial charge is 0.221 e. The highest BCUT2D eigenvalue weighted by Crippen LogP contribution is 2.26. The van der Waals surface area contributed by atoms with Gasteiger partial charge in [0, 0.05) is 13.0 Å². The molecule has 1 heterocycles. The molecule has 0 bridgehead atoms. The highest BCUT2D eigenvalue weighted by Gasteiger charge is 2.23. The molecular weight excluding hydrogens is 440 g/mol. The molecule has 4 aromatic carbocycles. The number of benzene rings is 4. The van der Waals surface area contributed by atoms with Gasteiger partial charge in [-0.1, -0.05) is 115 Å². The van der Waals surface area contributed by atoms with E-state index in [9.17, 15) is 4.79 Å². The van der Waals surface area contributed by atoms with Gasteiger partial charge < -0.3 is 5.32 Å². The lowest BCUT2D eigenvalue weighted by Crippen LogP contribution is -2.36. The molecule has 0 radical (unpaired) electrons. The van der Waals surface area contributed by atoms with Crippen molar-refractivity contribution in [3.05, 3.63) is 132 Å². The van der Waals surface area contributed by atoms with Crippen LogP contribution < -0.4 is 5.32 Å². The van der Waals surface area contributed by atoms with Crippen molar-refractivity contribution in [1.82, 2.24) is 10.2 Å². The van der Waals surface area contributed by atoms with E-state index >= 15 is 0 Å². The Kier molecular flexibility index (Phi) is 7.89. The van der Waals surface area contributed by atoms with Gasteiger partial charge in [-0.05, 0) is 59.7 Å². The number of carbonyl (C=O) groups excluding carboxylic acids is 1. The van der Waals surface area contributed by atoms with E-state index in [-0.39, 0.29) is 11.9 Å². The summed E-state index contributed by atoms with van der Waals surface area (Å²) >= 11 is 0. The van der Waals surface area contributed by atoms with Crippen molar-refractivity contribution in [3.8, 4) is 11.1 Å². The van der Waals surface area contributed by atoms with Crippen molar-refractivity contribution in [2.45, 2.75) is 31.8 Å². The molecule has 1 saturated heterocycles. The summed E-state index contributed by atoms with van der Waals surface area (Å²) in [6, 6.07) is 39.8. The van der Waals surface area contributed by atoms with Crippen molar-refractivity contribution in [2.75, 3.05) is 13.1 Å². The van der Waals surface area contributed by atoms with E-state index in [0.29, 0.717) is 12.3 Å². The van der Waals surface area contributed by atoms with E-state index < -0.39 is 0 Å². The SMILES string of the molecule is O=C(CC1CCN(Cc2ccc(-c3ccccc3)cc2)CC1)NC(c1ccccc1)c1ccccc1. The first-order chi connectivity index (χ1) is 17.7. The first-order valence-electron chi connectivity index (χ1n) is 13.0. The van der Waals surface area contributed by atoms with Crippen LogP contribution in [0.3, 0.4) is 0 Å². The molecule has 3 heteroatoms. The van der Waals surface area contributed by atoms with Gasteiger partial charge in [-0.25, -0.2) is 0 Å². The van der Waals surface area contributed by atoms with Crippen LogP contribution in [0.5, 0.6) is 0 Å². The molecule has 1 aliphatic rings. The number of nitrogens with zero attached hydrogens (tertiary/aromatic N) is 1. The van der Waals surface area contributed by atoms with Crippen molar-refractivity contribution in [1.29, 1.82) is 0 Å². The van der Waals surface area contributed by atoms with Crippen LogP contribution in [-0.4, -0.2) is 23.9 Å². The fourth-order valence-corrected chi connectivity index (χ4v) is 5.17. The Bertz CT molecular complexity index is 1180. The zero-order chi connectivity index (χ0) is 24.6. The van der Waals surface area contributed by atoms with Crippen molar-refractivity contribution < 1.29 is 4.79 Å². The topological polar surface area (TPSA) is 32.3 Å². The molecule has 4 aromatic rings. The van der Waals surface area contributed by atoms with E-state index in [1.165, 1.54) is 16.7 Å². The average molecular weight is 475 g/mol. The number of carbonyl (C=O) groups is 1. The zero-order valence-corrected chi connectivity index (χ0v) is 20.7. The second-order valence-corrected chi connectivity index (χ2v) is 9.81. The van der Waals surface area contributed by atoms with Crippen LogP contribution in [0.25, 0.3) is 11.1 Å². The van der Waals surface area contributed by atoms with Crippen molar-refractivity contribution in [3.63, 3.8) is 0 Å². The predicted octanol–water partition coefficient (Wildman–Crippen LogP) is 6.86. The van der Waals surface area contributed by atoms with Crippen molar-refractivity contribution >= 4 is 5.91 Å². The largest absolute Gasteiger partial charge is 0.345 e. The highest BCUT2D eigenvalue weighted by molar-refractivity contribution is 5.77. The van der Waals surface area contributed by atoms with E-state index in [1.807, 2.05) is 36.4 Å². The van der Waals surface area contributed by atoms with E-state index in [1.54, 1.807) is 0 Å². The molecule has 0 unspecified atom stereocenters. The Morgan fingerprint density at radius 2 is 1.19 bits per heavy atom. The van der Waals surface area contributed by atoms with E-state index in [4.69, 9.17) is 0 Å². The van der Waals surface area contributed by atoms with Crippen LogP contribution in [0.15, 0.2) is 115 Å². The number of hydrogen-bond acceptors (Lipinski definition) is 2. The summed E-state index contributed by atoms with van der Waals surface area (Å²) in [6.07, 6.45) is 2.73. The normalized spacial score (nSPS) is 14.6. The Balaban J connectivity index is 1.12. The number of amides is 1. The summed E-state index contributed by atoms with van der Waals surface area (Å²) in [5.74, 6) is 0.580. The first-order valence-corrected chi connectivity index (χ1v) is 13.0. The molecule has 1 fully saturated rings. The van der Waals surface area contributed by atoms with Crippen LogP contribution in [0.4, 0.5) is 0 Å². The third kappa shape index (κ3) is 6.30. The number of nitrogens with one attached hydrogen (secondary N) is 1. The van der Waals surface area contributed by atoms with E-state index in [0.717, 1.165) is 43.6 Å². The first kappa shape index (κ1) is 24.0. The fourth-order valence-electron chi connectivity index (χ4n) is 5.17. The van der Waals surface area contributed by atoms with Crippen LogP contribution >= 0.6 is 0 Å². The summed E-state index contributed by atoms with van der Waals surface area (Å²) < 4.78 is 0. The summed E-state index contributed by atoms with van der Waals surface area (Å²) in [4.78, 5) is 15.6. The fraction of sp³-hybridized carbons (Fsp3) is 0.242. The minimum Gasteiger partial charge on any atom is -0.345 e. The van der Waals surface area contributed by atoms with Gasteiger partial charge in [0.1, 0.15) is 0 Å². The standard InChI is InChI=1S/C33H34N2O/c36-32(34-33(30-12-6-2-7-13-30)31-14-8-3-9-15-31)24-26-20-22-35(23-21-26)25-27-16-18-29(19-17-27)28-10-4-1-5-11-28/h1-19,26,33H,20-25H2,(H,34,36). The lowest BCUT2D eigenvalue weighted by atomic mass is 9.92. The maximum Gasteiger partial charge on any atom is 0.221 e. The minimum absolute atomic E-state index is 0.112. The van der Waals surface area contributed by atoms with Gasteiger partial charge in [0.05, 0.1) is 6.04 Å². The molecule has 1 N–H and O–H groups in total. The van der Waals surface area contributed by atoms with Gasteiger partial charge >= 0.3 is 0 Å². The molecule has 1 aliphatic heterocycles. The molecule has 0 spiro atoms. The molecule has 1 amide bonds. The van der Waals surface area contributed by atoms with Gasteiger partial charge in [-0.15, -0.1) is 0 Å². The van der Waals surface area contributed by atoms with E-state index in [2.05, 4.69) is 89.1 Å². The monoisotopic (exact) mass is 474 g/mol. The Morgan fingerprint density at radius 1 is 0.694 bits per heavy atom. The summed E-state index contributed by atoms with van der Waals surface area (Å²) in [7, 11) is 0. The second-order valence-electron chi connectivity index (χ2n) is 9.81. The lowest BCUT2D eigenvalue weighted by molar-refractivity contribution is -0.122. The Morgan fingerprint density at radius 3 is 1.75 bits per heavy atom. The third-order valence-electron chi connectivity index (χ3n) is 7.22. The summed E-state index contributed by atoms with van der Waals surface area (Å²) in [5.41, 5.74) is 6.09. The molecule has 182 valence electrons. The molecule has 0 atom stereocenters. The summed E-state index contributed by atoms with van der Waals surface area (Å²) in [6.45, 7) is 3.05. The molecule has 3 nitrogen and oxygen atoms in total. The van der Waals surface area contributed by atoms with Crippen LogP contribution in [0, 0.1) is 5.92 Å². The predicted molar refractivity (Wildman–Crippen MR) is 147 cm³/mol. The molecule has 0 aromatic heterocycles. The molecule has 5 rings (SSSR count). The highest BCUT2D eigenvalue weighted by atomic mass is 16.1. The van der Waals surface area contributed by atoms with Gasteiger partial charge in [0.15, 0.2) is 0 Å². The van der Waals surface area contributed by atoms with Gasteiger partial charge in [-0.2, -0.15) is 0 Å².